The Bertz CT molecular complexity index is 632. The van der Waals surface area contributed by atoms with Crippen LogP contribution < -0.4 is 4.74 Å². The first-order chi connectivity index (χ1) is 10.3. The quantitative estimate of drug-likeness (QED) is 0.852. The van der Waals surface area contributed by atoms with Gasteiger partial charge in [-0.05, 0) is 45.7 Å². The molecule has 1 aliphatic heterocycles. The maximum absolute atomic E-state index is 13.0. The number of nitrogens with zero attached hydrogens (tertiary/aromatic N) is 1. The summed E-state index contributed by atoms with van der Waals surface area (Å²) >= 11 is 0. The number of benzene rings is 1. The summed E-state index contributed by atoms with van der Waals surface area (Å²) in [6, 6.07) is 3.51. The summed E-state index contributed by atoms with van der Waals surface area (Å²) in [4.78, 5) is 0.322. The van der Waals surface area contributed by atoms with Crippen molar-refractivity contribution in [1.82, 2.24) is 4.31 Å². The van der Waals surface area contributed by atoms with Gasteiger partial charge in [-0.3, -0.25) is 0 Å². The second kappa shape index (κ2) is 6.56. The second-order valence-corrected chi connectivity index (χ2v) is 7.80. The number of hydrogen-bond donors (Lipinski definition) is 0. The Labute approximate surface area is 133 Å². The zero-order chi connectivity index (χ0) is 16.5. The molecule has 0 N–H and O–H groups in total. The molecule has 6 heteroatoms. The van der Waals surface area contributed by atoms with Crippen molar-refractivity contribution in [2.24, 2.45) is 0 Å². The SMILES string of the molecule is CCOc1cc(S(=O)(=O)N2C[C@@H](C)O[C@@H](C)C2)c(C)cc1C. The van der Waals surface area contributed by atoms with E-state index in [0.717, 1.165) is 11.1 Å². The molecule has 1 saturated heterocycles. The zero-order valence-electron chi connectivity index (χ0n) is 13.9. The lowest BCUT2D eigenvalue weighted by atomic mass is 10.1. The zero-order valence-corrected chi connectivity index (χ0v) is 14.7. The van der Waals surface area contributed by atoms with Crippen molar-refractivity contribution < 1.29 is 17.9 Å². The minimum Gasteiger partial charge on any atom is -0.494 e. The van der Waals surface area contributed by atoms with Gasteiger partial charge in [-0.2, -0.15) is 4.31 Å². The first-order valence-corrected chi connectivity index (χ1v) is 9.09. The first kappa shape index (κ1) is 17.2. The summed E-state index contributed by atoms with van der Waals surface area (Å²) in [5.41, 5.74) is 1.69. The van der Waals surface area contributed by atoms with Crippen LogP contribution in [-0.4, -0.2) is 44.6 Å². The summed E-state index contributed by atoms with van der Waals surface area (Å²) in [7, 11) is -3.54. The number of rotatable bonds is 4. The van der Waals surface area contributed by atoms with E-state index in [1.807, 2.05) is 40.7 Å². The lowest BCUT2D eigenvalue weighted by Gasteiger charge is -2.34. The maximum Gasteiger partial charge on any atom is 0.243 e. The maximum atomic E-state index is 13.0. The summed E-state index contributed by atoms with van der Waals surface area (Å²) in [6.07, 6.45) is -0.203. The molecular formula is C16H25NO4S. The largest absolute Gasteiger partial charge is 0.494 e. The molecule has 124 valence electrons. The average molecular weight is 327 g/mol. The molecule has 1 aromatic rings. The molecule has 22 heavy (non-hydrogen) atoms. The van der Waals surface area contributed by atoms with Gasteiger partial charge in [-0.25, -0.2) is 8.42 Å². The van der Waals surface area contributed by atoms with Crippen LogP contribution in [-0.2, 0) is 14.8 Å². The molecule has 0 radical (unpaired) electrons. The van der Waals surface area contributed by atoms with Gasteiger partial charge in [0.25, 0.3) is 0 Å². The number of ether oxygens (including phenoxy) is 2. The number of hydrogen-bond acceptors (Lipinski definition) is 4. The highest BCUT2D eigenvalue weighted by atomic mass is 32.2. The molecule has 0 aliphatic carbocycles. The minimum absolute atomic E-state index is 0.101. The summed E-state index contributed by atoms with van der Waals surface area (Å²) < 4.78 is 38.7. The van der Waals surface area contributed by atoms with Gasteiger partial charge < -0.3 is 9.47 Å². The van der Waals surface area contributed by atoms with Crippen molar-refractivity contribution in [3.05, 3.63) is 23.3 Å². The van der Waals surface area contributed by atoms with E-state index in [2.05, 4.69) is 0 Å². The van der Waals surface area contributed by atoms with Gasteiger partial charge in [0, 0.05) is 19.2 Å². The van der Waals surface area contributed by atoms with Gasteiger partial charge >= 0.3 is 0 Å². The Kier molecular flexibility index (Phi) is 5.14. The number of sulfonamides is 1. The van der Waals surface area contributed by atoms with E-state index >= 15 is 0 Å². The van der Waals surface area contributed by atoms with Gasteiger partial charge in [0.05, 0.1) is 23.7 Å². The molecule has 0 unspecified atom stereocenters. The van der Waals surface area contributed by atoms with E-state index in [9.17, 15) is 8.42 Å². The molecule has 1 aliphatic rings. The van der Waals surface area contributed by atoms with Crippen molar-refractivity contribution in [2.75, 3.05) is 19.7 Å². The van der Waals surface area contributed by atoms with E-state index in [1.54, 1.807) is 6.07 Å². The third-order valence-corrected chi connectivity index (χ3v) is 5.75. The Morgan fingerprint density at radius 2 is 1.77 bits per heavy atom. The molecule has 0 amide bonds. The van der Waals surface area contributed by atoms with Crippen molar-refractivity contribution in [1.29, 1.82) is 0 Å². The summed E-state index contributed by atoms with van der Waals surface area (Å²) in [6.45, 7) is 10.7. The van der Waals surface area contributed by atoms with Crippen molar-refractivity contribution >= 4 is 10.0 Å². The Balaban J connectivity index is 2.42. The highest BCUT2D eigenvalue weighted by Gasteiger charge is 2.33. The predicted molar refractivity (Wildman–Crippen MR) is 85.9 cm³/mol. The molecular weight excluding hydrogens is 302 g/mol. The fourth-order valence-corrected chi connectivity index (χ4v) is 4.68. The van der Waals surface area contributed by atoms with Crippen molar-refractivity contribution in [3.8, 4) is 5.75 Å². The molecule has 2 rings (SSSR count). The van der Waals surface area contributed by atoms with Crippen LogP contribution in [0.3, 0.4) is 0 Å². The van der Waals surface area contributed by atoms with Gasteiger partial charge in [-0.15, -0.1) is 0 Å². The second-order valence-electron chi connectivity index (χ2n) is 5.90. The molecule has 1 aromatic carbocycles. The van der Waals surface area contributed by atoms with Gasteiger partial charge in [0.2, 0.25) is 10.0 Å². The van der Waals surface area contributed by atoms with E-state index in [0.29, 0.717) is 30.3 Å². The first-order valence-electron chi connectivity index (χ1n) is 7.65. The molecule has 2 atom stereocenters. The highest BCUT2D eigenvalue weighted by molar-refractivity contribution is 7.89. The van der Waals surface area contributed by atoms with E-state index in [1.165, 1.54) is 4.31 Å². The lowest BCUT2D eigenvalue weighted by Crippen LogP contribution is -2.48. The normalized spacial score (nSPS) is 23.5. The average Bonchev–Trinajstić information content (AvgIpc) is 2.40. The van der Waals surface area contributed by atoms with Crippen LogP contribution in [0, 0.1) is 13.8 Å². The van der Waals surface area contributed by atoms with E-state index < -0.39 is 10.0 Å². The molecule has 0 spiro atoms. The van der Waals surface area contributed by atoms with Crippen LogP contribution in [0.4, 0.5) is 0 Å². The van der Waals surface area contributed by atoms with Crippen molar-refractivity contribution in [3.63, 3.8) is 0 Å². The Hall–Kier alpha value is -1.11. The fraction of sp³-hybridized carbons (Fsp3) is 0.625. The van der Waals surface area contributed by atoms with Crippen LogP contribution in [0.5, 0.6) is 5.75 Å². The van der Waals surface area contributed by atoms with Crippen LogP contribution in [0.15, 0.2) is 17.0 Å². The third-order valence-electron chi connectivity index (χ3n) is 3.78. The van der Waals surface area contributed by atoms with Crippen LogP contribution in [0.1, 0.15) is 31.9 Å². The monoisotopic (exact) mass is 327 g/mol. The third kappa shape index (κ3) is 3.45. The van der Waals surface area contributed by atoms with Crippen LogP contribution >= 0.6 is 0 Å². The van der Waals surface area contributed by atoms with Gasteiger partial charge in [0.1, 0.15) is 5.75 Å². The summed E-state index contributed by atoms with van der Waals surface area (Å²) in [5.74, 6) is 0.626. The lowest BCUT2D eigenvalue weighted by molar-refractivity contribution is -0.0440. The summed E-state index contributed by atoms with van der Waals surface area (Å²) in [5, 5.41) is 0. The predicted octanol–water partition coefficient (Wildman–Crippen LogP) is 2.50. The molecule has 5 nitrogen and oxygen atoms in total. The van der Waals surface area contributed by atoms with Crippen LogP contribution in [0.25, 0.3) is 0 Å². The number of morpholine rings is 1. The van der Waals surface area contributed by atoms with Crippen molar-refractivity contribution in [2.45, 2.75) is 51.7 Å². The number of aryl methyl sites for hydroxylation is 2. The van der Waals surface area contributed by atoms with Gasteiger partial charge in [0.15, 0.2) is 0 Å². The highest BCUT2D eigenvalue weighted by Crippen LogP contribution is 2.29. The topological polar surface area (TPSA) is 55.8 Å². The Morgan fingerprint density at radius 1 is 1.18 bits per heavy atom. The standard InChI is InChI=1S/C16H25NO4S/c1-6-20-15-8-16(12(3)7-11(15)2)22(18,19)17-9-13(4)21-14(5)10-17/h7-8,13-14H,6,9-10H2,1-5H3/t13-,14+. The van der Waals surface area contributed by atoms with E-state index in [-0.39, 0.29) is 12.2 Å². The smallest absolute Gasteiger partial charge is 0.243 e. The van der Waals surface area contributed by atoms with Gasteiger partial charge in [-0.1, -0.05) is 6.07 Å². The van der Waals surface area contributed by atoms with E-state index in [4.69, 9.17) is 9.47 Å². The molecule has 0 saturated carbocycles. The fourth-order valence-electron chi connectivity index (χ4n) is 2.87. The molecule has 0 aromatic heterocycles. The van der Waals surface area contributed by atoms with Crippen LogP contribution in [0.2, 0.25) is 0 Å². The molecule has 0 bridgehead atoms. The molecule has 1 fully saturated rings. The molecule has 1 heterocycles. The minimum atomic E-state index is -3.54. The Morgan fingerprint density at radius 3 is 2.32 bits per heavy atom.